The van der Waals surface area contributed by atoms with E-state index in [1.54, 1.807) is 66.0 Å². The quantitative estimate of drug-likeness (QED) is 0.0563. The number of hydrogen-bond acceptors (Lipinski definition) is 24. The summed E-state index contributed by atoms with van der Waals surface area (Å²) in [5.74, 6) is -2.19. The molecular weight excluding hydrogens is 1890 g/mol. The summed E-state index contributed by atoms with van der Waals surface area (Å²) in [4.78, 5) is 146. The molecule has 1 aromatic carbocycles. The molecule has 6 aromatic heterocycles. The highest BCUT2D eigenvalue weighted by Gasteiger charge is 2.63. The fourth-order valence-electron chi connectivity index (χ4n) is 13.2. The van der Waals surface area contributed by atoms with Crippen LogP contribution in [-0.2, 0) is 28.4 Å². The van der Waals surface area contributed by atoms with E-state index in [-0.39, 0.29) is 46.0 Å². The predicted molar refractivity (Wildman–Crippen MR) is 442 cm³/mol. The van der Waals surface area contributed by atoms with E-state index in [1.165, 1.54) is 77.5 Å². The molecule has 0 spiro atoms. The number of aromatic nitrogens is 12. The Morgan fingerprint density at radius 2 is 0.845 bits per heavy atom. The number of halogens is 9. The van der Waals surface area contributed by atoms with Gasteiger partial charge in [-0.05, 0) is 72.6 Å². The number of hydrogen-bond donors (Lipinski definition) is 11. The first-order chi connectivity index (χ1) is 54.0. The number of carbonyl (C=O) groups excluding carboxylic acids is 1. The van der Waals surface area contributed by atoms with Crippen molar-refractivity contribution in [2.75, 3.05) is 20.8 Å². The number of aliphatic hydroxyl groups excluding tert-OH is 5. The first-order valence-corrected chi connectivity index (χ1v) is 40.8. The minimum absolute atomic E-state index is 0.0105. The molecule has 11 N–H and O–H groups in total. The Morgan fingerprint density at radius 1 is 0.500 bits per heavy atom. The second kappa shape index (κ2) is 37.9. The van der Waals surface area contributed by atoms with Gasteiger partial charge in [-0.1, -0.05) is 97.7 Å². The van der Waals surface area contributed by atoms with Crippen LogP contribution in [0.2, 0.25) is 0 Å². The number of benzene rings is 1. The topological polar surface area (TPSA) is 495 Å². The summed E-state index contributed by atoms with van der Waals surface area (Å²) < 4.78 is 55.0. The molecule has 45 heteroatoms. The van der Waals surface area contributed by atoms with Crippen molar-refractivity contribution in [3.8, 4) is 0 Å². The van der Waals surface area contributed by atoms with Crippen LogP contribution in [0.3, 0.4) is 0 Å². The maximum atomic E-state index is 14.3. The highest BCUT2D eigenvalue weighted by atomic mass is 127. The third-order valence-electron chi connectivity index (χ3n) is 20.4. The minimum atomic E-state index is -2.35. The Bertz CT molecular complexity index is 5130. The summed E-state index contributed by atoms with van der Waals surface area (Å²) in [5, 5.41) is 51.3. The highest BCUT2D eigenvalue weighted by Crippen LogP contribution is 2.52. The average Bonchev–Trinajstić information content (AvgIpc) is 1.59. The lowest BCUT2D eigenvalue weighted by Gasteiger charge is -2.27. The number of aliphatic hydroxyl groups is 5. The van der Waals surface area contributed by atoms with Crippen molar-refractivity contribution in [3.05, 3.63) is 236 Å². The Labute approximate surface area is 714 Å². The van der Waals surface area contributed by atoms with E-state index in [0.29, 0.717) is 9.99 Å². The summed E-state index contributed by atoms with van der Waals surface area (Å²) in [6.45, 7) is 20.9. The number of anilines is 1. The molecule has 23 atom stereocenters. The predicted octanol–water partition coefficient (Wildman–Crippen LogP) is 4.39. The first kappa shape index (κ1) is 94.7. The average molecular weight is 1980 g/mol. The summed E-state index contributed by atoms with van der Waals surface area (Å²) >= 11 is 41.7. The molecule has 13 rings (SSSR count). The van der Waals surface area contributed by atoms with Crippen LogP contribution in [-0.4, -0.2) is 188 Å². The van der Waals surface area contributed by atoms with Crippen LogP contribution in [0.15, 0.2) is 169 Å². The number of rotatable bonds is 13. The summed E-state index contributed by atoms with van der Waals surface area (Å²) in [7, 11) is 0. The van der Waals surface area contributed by atoms with Crippen molar-refractivity contribution in [2.45, 2.75) is 203 Å². The number of carbonyl (C=O) groups is 1. The van der Waals surface area contributed by atoms with Gasteiger partial charge in [0.15, 0.2) is 31.1 Å². The third kappa shape index (κ3) is 20.1. The van der Waals surface area contributed by atoms with E-state index < -0.39 is 178 Å². The van der Waals surface area contributed by atoms with E-state index >= 15 is 0 Å². The van der Waals surface area contributed by atoms with Gasteiger partial charge in [0, 0.05) is 89.3 Å². The Balaban J connectivity index is 0.000000175. The van der Waals surface area contributed by atoms with Gasteiger partial charge in [-0.3, -0.25) is 81.1 Å². The van der Waals surface area contributed by atoms with Gasteiger partial charge in [-0.2, -0.15) is 4.98 Å². The van der Waals surface area contributed by atoms with Crippen molar-refractivity contribution in [2.24, 2.45) is 11.8 Å². The molecule has 0 bridgehead atoms. The fourth-order valence-corrected chi connectivity index (χ4v) is 16.3. The Hall–Kier alpha value is -6.76. The van der Waals surface area contributed by atoms with Crippen LogP contribution in [0.25, 0.3) is 0 Å². The van der Waals surface area contributed by atoms with E-state index in [1.807, 2.05) is 52.6 Å². The monoisotopic (exact) mass is 1970 g/mol. The zero-order valence-corrected chi connectivity index (χ0v) is 72.3. The van der Waals surface area contributed by atoms with E-state index in [0.717, 1.165) is 44.9 Å². The molecule has 6 aliphatic rings. The summed E-state index contributed by atoms with van der Waals surface area (Å²) in [6.07, 6.45) is -1.58. The van der Waals surface area contributed by atoms with Crippen LogP contribution in [0.1, 0.15) is 130 Å². The number of aromatic amines is 5. The molecule has 7 aromatic rings. The number of ether oxygens (including phenoxy) is 6. The smallest absolute Gasteiger partial charge is 0.351 e. The second-order valence-electron chi connectivity index (χ2n) is 28.7. The van der Waals surface area contributed by atoms with Crippen LogP contribution >= 0.6 is 115 Å². The van der Waals surface area contributed by atoms with Gasteiger partial charge in [-0.15, -0.1) is 69.6 Å². The van der Waals surface area contributed by atoms with Crippen LogP contribution < -0.4 is 67.3 Å². The zero-order valence-electron chi connectivity index (χ0n) is 63.4. The lowest BCUT2D eigenvalue weighted by molar-refractivity contribution is -0.169. The molecule has 36 nitrogen and oxygen atoms in total. The Kier molecular flexibility index (Phi) is 30.9. The van der Waals surface area contributed by atoms with Gasteiger partial charge in [0.05, 0.1) is 39.1 Å². The van der Waals surface area contributed by atoms with E-state index in [9.17, 15) is 82.4 Å². The second-order valence-corrected chi connectivity index (χ2v) is 35.2. The van der Waals surface area contributed by atoms with Gasteiger partial charge < -0.3 is 59.3 Å². The minimum Gasteiger partial charge on any atom is -0.470 e. The number of amides is 1. The highest BCUT2D eigenvalue weighted by molar-refractivity contribution is 14.1. The molecule has 6 aliphatic heterocycles. The number of nitrogens with one attached hydrogen (secondary N) is 6. The molecular formula is C71H86Cl6FI2N13O23. The molecule has 0 aliphatic carbocycles. The van der Waals surface area contributed by atoms with E-state index in [2.05, 4.69) is 59.4 Å². The molecule has 116 heavy (non-hydrogen) atoms. The summed E-state index contributed by atoms with van der Waals surface area (Å²) in [5.41, 5.74) is -5.81. The molecule has 0 radical (unpaired) electrons. The lowest BCUT2D eigenvalue weighted by atomic mass is 9.90. The molecule has 6 fully saturated rings. The van der Waals surface area contributed by atoms with Crippen molar-refractivity contribution < 1.29 is 63.1 Å². The maximum absolute atomic E-state index is 14.3. The molecule has 1 amide bonds. The van der Waals surface area contributed by atoms with Crippen LogP contribution in [0.5, 0.6) is 0 Å². The summed E-state index contributed by atoms with van der Waals surface area (Å²) in [6, 6.07) is 16.2. The lowest BCUT2D eigenvalue weighted by Crippen LogP contribution is -2.45. The van der Waals surface area contributed by atoms with Gasteiger partial charge in [0.1, 0.15) is 61.6 Å². The fraction of sp³-hybridized carbons (Fsp3) is 0.535. The maximum Gasteiger partial charge on any atom is 0.351 e. The van der Waals surface area contributed by atoms with Gasteiger partial charge in [0.2, 0.25) is 12.1 Å². The standard InChI is InChI=1S/C19H22ClN3O3.C12H17ClN2O3.C10H11ClFIN2O4.C10H12ClIN2O4.C10H13ClN2O5.C10H11ClN2O4/c1-4-14-12(2)19(3,20)17(26-14)23-11-10-15(22-18(23)25)21-16(24)13-8-6-5-7-9-13;1-4-8-7(2)12(3,13)10(18-8)15-6-5-9(16)14-11(15)17;1-9(11)6(17)10(12,4-13)19-7(9)15-3-2-5(16)14-8(15)18;1-10(11)7(16)5(4-12)18-8(10)14-3-2-6(15)13-9(14)17;1-10(11)7(16)5(4-14)18-8(10)13-3-2-6(15)12-9(13)17;1-5-7(15)10(2,11)8(17-5)13-4-3-6(14)12-9(13)16/h5-12,14,17H,4H2,1-3H3,(H,21,22,24,25);5-8,10H,4H2,1-3H3,(H,14,16,17);2-3,6-7,17H,4H2,1H3,(H,14,16,18);2-3,5,7-8,16H,4H2,1H3,(H,13,15,17);2-3,5,7-8,14,16H,4H2,1H3,(H,12,15,17);3-4,7-8,15H,1H2,2H3,(H,12,14,16)/t12-,14-,17-,19-;7-,8-,10-,12-;6-,7+,9+,10+;2*5-,7-,8-,10-;7-,8-,10-/m110111/s1. The molecule has 0 saturated carbocycles. The van der Waals surface area contributed by atoms with Crippen molar-refractivity contribution in [3.63, 3.8) is 0 Å². The van der Waals surface area contributed by atoms with E-state index in [4.69, 9.17) is 103 Å². The van der Waals surface area contributed by atoms with Gasteiger partial charge in [0.25, 0.3) is 33.7 Å². The first-order valence-electron chi connectivity index (χ1n) is 35.5. The number of H-pyrrole nitrogens is 5. The Morgan fingerprint density at radius 3 is 1.16 bits per heavy atom. The number of alkyl halides is 9. The molecule has 6 saturated heterocycles. The molecule has 12 heterocycles. The van der Waals surface area contributed by atoms with Crippen LogP contribution in [0, 0.1) is 11.8 Å². The third-order valence-corrected chi connectivity index (χ3v) is 25.0. The molecule has 636 valence electrons. The largest absolute Gasteiger partial charge is 0.470 e. The molecule has 0 unspecified atom stereocenters. The zero-order chi connectivity index (χ0) is 86.6. The normalized spacial score (nSPS) is 34.1. The van der Waals surface area contributed by atoms with Crippen molar-refractivity contribution >= 4 is 127 Å². The van der Waals surface area contributed by atoms with Crippen molar-refractivity contribution in [1.82, 2.24) is 57.3 Å². The van der Waals surface area contributed by atoms with Gasteiger partial charge in [-0.25, -0.2) is 33.2 Å². The van der Waals surface area contributed by atoms with Crippen molar-refractivity contribution in [1.29, 1.82) is 0 Å². The van der Waals surface area contributed by atoms with Crippen LogP contribution in [0.4, 0.5) is 10.2 Å². The SMILES string of the molecule is C=C1O[C@@H](n2ccc(=O)[nH]c2=O)[C@](C)(Cl)[C@@H]1O.CC[C@H]1O[C@@H](n2ccc(=O)[nH]c2=O)[C@](C)(Cl)[C@@H]1C.CC[C@H]1O[C@@H](n2ccc(NC(=O)c3ccccc3)nc2=O)[C@](C)(Cl)[C@@H]1C.C[C@@]1(Cl)[C@H](O)[C@@H](CI)O[C@H]1n1ccc(=O)[nH]c1=O.C[C@@]1(Cl)[C@H](O)[C@@H](CO)O[C@H]1n1ccc(=O)[nH]c1=O.C[C@]1(Cl)[C@H](n2ccc(=O)[nH]c2=O)O[C@](F)(CI)[C@H]1O. The van der Waals surface area contributed by atoms with Gasteiger partial charge >= 0.3 is 34.1 Å². The number of nitrogens with zero attached hydrogens (tertiary/aromatic N) is 7.